The summed E-state index contributed by atoms with van der Waals surface area (Å²) in [5.41, 5.74) is -6.83. The normalized spacial score (nSPS) is 48.8. The van der Waals surface area contributed by atoms with Gasteiger partial charge in [0.25, 0.3) is 0 Å². The van der Waals surface area contributed by atoms with E-state index in [9.17, 15) is 34.5 Å². The monoisotopic (exact) mass is 524 g/mol. The predicted molar refractivity (Wildman–Crippen MR) is 125 cm³/mol. The van der Waals surface area contributed by atoms with Gasteiger partial charge in [0.15, 0.2) is 23.6 Å². The van der Waals surface area contributed by atoms with E-state index in [1.54, 1.807) is 13.8 Å². The van der Waals surface area contributed by atoms with Crippen LogP contribution in [0.2, 0.25) is 0 Å². The van der Waals surface area contributed by atoms with Gasteiger partial charge >= 0.3 is 17.9 Å². The summed E-state index contributed by atoms with van der Waals surface area (Å²) in [4.78, 5) is 50.7. The molecular formula is C26H36O11. The molecule has 0 aromatic carbocycles. The highest BCUT2D eigenvalue weighted by Crippen LogP contribution is 2.66. The van der Waals surface area contributed by atoms with E-state index >= 15 is 0 Å². The van der Waals surface area contributed by atoms with Crippen LogP contribution in [-0.2, 0) is 38.1 Å². The smallest absolute Gasteiger partial charge is 0.303 e. The van der Waals surface area contributed by atoms with E-state index in [2.05, 4.69) is 6.58 Å². The lowest BCUT2D eigenvalue weighted by atomic mass is 9.44. The van der Waals surface area contributed by atoms with Crippen molar-refractivity contribution in [1.29, 1.82) is 0 Å². The molecule has 11 atom stereocenters. The van der Waals surface area contributed by atoms with Crippen molar-refractivity contribution in [2.45, 2.75) is 96.1 Å². The number of esters is 3. The van der Waals surface area contributed by atoms with Gasteiger partial charge in [-0.3, -0.25) is 19.2 Å². The Morgan fingerprint density at radius 3 is 2.05 bits per heavy atom. The van der Waals surface area contributed by atoms with E-state index in [-0.39, 0.29) is 25.0 Å². The molecule has 37 heavy (non-hydrogen) atoms. The van der Waals surface area contributed by atoms with E-state index in [0.29, 0.717) is 0 Å². The van der Waals surface area contributed by atoms with Crippen LogP contribution in [0.15, 0.2) is 12.2 Å². The lowest BCUT2D eigenvalue weighted by Crippen LogP contribution is -2.80. The van der Waals surface area contributed by atoms with Crippen LogP contribution in [0, 0.1) is 22.7 Å². The fraction of sp³-hybridized carbons (Fsp3) is 0.769. The molecule has 0 aromatic heterocycles. The Morgan fingerprint density at radius 1 is 0.973 bits per heavy atom. The summed E-state index contributed by atoms with van der Waals surface area (Å²) in [5.74, 6) is -4.86. The van der Waals surface area contributed by atoms with Crippen LogP contribution in [0.3, 0.4) is 0 Å². The summed E-state index contributed by atoms with van der Waals surface area (Å²) >= 11 is 0. The van der Waals surface area contributed by atoms with E-state index in [1.807, 2.05) is 0 Å². The first-order valence-corrected chi connectivity index (χ1v) is 12.4. The molecule has 3 aliphatic carbocycles. The molecule has 0 amide bonds. The van der Waals surface area contributed by atoms with Gasteiger partial charge in [-0.25, -0.2) is 0 Å². The van der Waals surface area contributed by atoms with Gasteiger partial charge in [0.05, 0.1) is 24.2 Å². The molecule has 206 valence electrons. The number of hydrogen-bond donors (Lipinski definition) is 3. The van der Waals surface area contributed by atoms with Crippen LogP contribution in [-0.4, -0.2) is 87.3 Å². The van der Waals surface area contributed by atoms with Crippen LogP contribution >= 0.6 is 0 Å². The number of aliphatic hydroxyl groups excluding tert-OH is 2. The summed E-state index contributed by atoms with van der Waals surface area (Å²) < 4.78 is 23.1. The van der Waals surface area contributed by atoms with Gasteiger partial charge < -0.3 is 34.3 Å². The van der Waals surface area contributed by atoms with E-state index in [4.69, 9.17) is 18.9 Å². The molecule has 11 heteroatoms. The molecule has 1 aliphatic heterocycles. The zero-order chi connectivity index (χ0) is 27.9. The molecular weight excluding hydrogens is 488 g/mol. The fourth-order valence-corrected chi connectivity index (χ4v) is 7.66. The van der Waals surface area contributed by atoms with E-state index < -0.39 is 88.1 Å². The number of carbonyl (C=O) groups is 4. The Kier molecular flexibility index (Phi) is 6.43. The van der Waals surface area contributed by atoms with E-state index in [0.717, 1.165) is 13.8 Å². The number of aliphatic hydroxyl groups is 3. The summed E-state index contributed by atoms with van der Waals surface area (Å²) in [6.07, 6.45) is -7.28. The molecule has 3 saturated carbocycles. The van der Waals surface area contributed by atoms with Crippen molar-refractivity contribution < 1.29 is 53.4 Å². The molecule has 11 nitrogen and oxygen atoms in total. The Bertz CT molecular complexity index is 1060. The minimum absolute atomic E-state index is 0.143. The maximum absolute atomic E-state index is 13.5. The summed E-state index contributed by atoms with van der Waals surface area (Å²) in [7, 11) is 0. The van der Waals surface area contributed by atoms with Crippen LogP contribution in [0.5, 0.6) is 0 Å². The number of carbonyl (C=O) groups excluding carboxylic acids is 4. The molecule has 4 bridgehead atoms. The van der Waals surface area contributed by atoms with Gasteiger partial charge in [-0.05, 0) is 12.5 Å². The average Bonchev–Trinajstić information content (AvgIpc) is 2.92. The highest BCUT2D eigenvalue weighted by atomic mass is 16.6. The summed E-state index contributed by atoms with van der Waals surface area (Å²) in [6, 6.07) is 0. The largest absolute Gasteiger partial charge is 0.462 e. The molecule has 11 unspecified atom stereocenters. The molecule has 4 rings (SSSR count). The first-order valence-electron chi connectivity index (χ1n) is 12.4. The van der Waals surface area contributed by atoms with Crippen molar-refractivity contribution in [3.05, 3.63) is 12.2 Å². The Labute approximate surface area is 215 Å². The van der Waals surface area contributed by atoms with Crippen molar-refractivity contribution >= 4 is 23.7 Å². The van der Waals surface area contributed by atoms with Gasteiger partial charge in [-0.15, -0.1) is 0 Å². The number of Topliss-reactive ketones (excluding diaryl/α,β-unsaturated/α-hetero) is 1. The quantitative estimate of drug-likeness (QED) is 0.262. The molecule has 4 aliphatic rings. The topological polar surface area (TPSA) is 166 Å². The van der Waals surface area contributed by atoms with Crippen molar-refractivity contribution in [2.75, 3.05) is 6.61 Å². The zero-order valence-electron chi connectivity index (χ0n) is 22.0. The molecule has 4 fully saturated rings. The van der Waals surface area contributed by atoms with Gasteiger partial charge in [-0.1, -0.05) is 20.4 Å². The molecule has 0 spiro atoms. The second-order valence-corrected chi connectivity index (χ2v) is 11.6. The number of rotatable bonds is 3. The lowest BCUT2D eigenvalue weighted by molar-refractivity contribution is -0.294. The van der Waals surface area contributed by atoms with E-state index in [1.165, 1.54) is 13.8 Å². The van der Waals surface area contributed by atoms with Gasteiger partial charge in [0, 0.05) is 50.9 Å². The fourth-order valence-electron chi connectivity index (χ4n) is 7.66. The van der Waals surface area contributed by atoms with Crippen molar-refractivity contribution in [2.24, 2.45) is 22.7 Å². The summed E-state index contributed by atoms with van der Waals surface area (Å²) in [6.45, 7) is 11.9. The van der Waals surface area contributed by atoms with Crippen LogP contribution in [0.1, 0.15) is 54.4 Å². The summed E-state index contributed by atoms with van der Waals surface area (Å²) in [5, 5.41) is 35.5. The van der Waals surface area contributed by atoms with Crippen molar-refractivity contribution in [3.8, 4) is 0 Å². The van der Waals surface area contributed by atoms with Gasteiger partial charge in [0.1, 0.15) is 11.7 Å². The number of ketones is 1. The van der Waals surface area contributed by atoms with Gasteiger partial charge in [-0.2, -0.15) is 0 Å². The Hall–Kier alpha value is -2.34. The Balaban J connectivity index is 2.09. The average molecular weight is 525 g/mol. The second-order valence-electron chi connectivity index (χ2n) is 11.6. The highest BCUT2D eigenvalue weighted by molar-refractivity contribution is 5.91. The minimum Gasteiger partial charge on any atom is -0.462 e. The van der Waals surface area contributed by atoms with Crippen molar-refractivity contribution in [1.82, 2.24) is 0 Å². The maximum atomic E-state index is 13.5. The standard InChI is InChI=1S/C26H36O11/c1-11-16(30)9-18(35-12(2)27)24(6)19(11)20(32)15-8-17(31)25(7)26(33,23(15,5)10-34-25)22(37-14(4)29)21(24)36-13(3)28/h15-16,18-22,30,32-33H,1,8-10H2,2-7H3. The van der Waals surface area contributed by atoms with Crippen LogP contribution in [0.25, 0.3) is 0 Å². The Morgan fingerprint density at radius 2 is 1.51 bits per heavy atom. The second kappa shape index (κ2) is 8.59. The number of fused-ring (bicyclic) bond motifs is 1. The third-order valence-corrected chi connectivity index (χ3v) is 9.59. The zero-order valence-corrected chi connectivity index (χ0v) is 22.0. The van der Waals surface area contributed by atoms with Crippen LogP contribution < -0.4 is 0 Å². The third-order valence-electron chi connectivity index (χ3n) is 9.59. The molecule has 1 saturated heterocycles. The number of ether oxygens (including phenoxy) is 4. The minimum atomic E-state index is -2.25. The SMILES string of the molecule is C=C1C(O)CC(OC(C)=O)C2(C)C(OC(C)=O)C(OC(C)=O)C3(O)C4(C)OCC3(C)C(CC4=O)C(O)C12. The van der Waals surface area contributed by atoms with Crippen molar-refractivity contribution in [3.63, 3.8) is 0 Å². The molecule has 1 heterocycles. The lowest BCUT2D eigenvalue weighted by Gasteiger charge is -2.64. The highest BCUT2D eigenvalue weighted by Gasteiger charge is 2.82. The first kappa shape index (κ1) is 27.7. The number of hydrogen-bond acceptors (Lipinski definition) is 11. The molecule has 3 N–H and O–H groups in total. The first-order chi connectivity index (χ1) is 17.0. The maximum Gasteiger partial charge on any atom is 0.303 e. The van der Waals surface area contributed by atoms with Crippen LogP contribution in [0.4, 0.5) is 0 Å². The molecule has 0 aromatic rings. The molecule has 0 radical (unpaired) electrons. The predicted octanol–water partition coefficient (Wildman–Crippen LogP) is 0.215. The third kappa shape index (κ3) is 3.47. The van der Waals surface area contributed by atoms with Gasteiger partial charge in [0.2, 0.25) is 0 Å².